The highest BCUT2D eigenvalue weighted by Gasteiger charge is 2.22. The van der Waals surface area contributed by atoms with Crippen molar-refractivity contribution in [2.24, 2.45) is 0 Å². The van der Waals surface area contributed by atoms with Crippen molar-refractivity contribution >= 4 is 5.91 Å². The molecule has 1 unspecified atom stereocenters. The van der Waals surface area contributed by atoms with Gasteiger partial charge in [-0.15, -0.1) is 0 Å². The lowest BCUT2D eigenvalue weighted by molar-refractivity contribution is -0.127. The van der Waals surface area contributed by atoms with Gasteiger partial charge in [0.25, 0.3) is 5.91 Å². The number of likely N-dealkylation sites (tertiary alicyclic amines) is 1. The van der Waals surface area contributed by atoms with Crippen molar-refractivity contribution in [2.75, 3.05) is 32.8 Å². The van der Waals surface area contributed by atoms with E-state index in [1.54, 1.807) is 0 Å². The number of hydrogen-bond acceptors (Lipinski definition) is 4. The van der Waals surface area contributed by atoms with Gasteiger partial charge in [-0.25, -0.2) is 0 Å². The van der Waals surface area contributed by atoms with E-state index in [-0.39, 0.29) is 12.0 Å². The topological polar surface area (TPSA) is 50.8 Å². The van der Waals surface area contributed by atoms with Gasteiger partial charge in [-0.3, -0.25) is 9.69 Å². The van der Waals surface area contributed by atoms with E-state index in [0.29, 0.717) is 6.61 Å². The maximum atomic E-state index is 11.9. The van der Waals surface area contributed by atoms with Crippen molar-refractivity contribution in [3.05, 3.63) is 24.3 Å². The summed E-state index contributed by atoms with van der Waals surface area (Å²) in [5, 5.41) is 2.89. The second kappa shape index (κ2) is 8.92. The lowest BCUT2D eigenvalue weighted by Gasteiger charge is -2.26. The molecule has 2 aliphatic rings. The van der Waals surface area contributed by atoms with Crippen molar-refractivity contribution in [2.45, 2.75) is 44.6 Å². The standard InChI is InChI=1S/C19H28N2O3/c22-19-18(6-2-3-11-20-19)24-17-9-7-16(8-10-17)23-15-14-21-12-4-1-5-13-21/h7-10,18H,1-6,11-15H2,(H,20,22). The Morgan fingerprint density at radius 3 is 2.54 bits per heavy atom. The molecular formula is C19H28N2O3. The van der Waals surface area contributed by atoms with Crippen LogP contribution in [0.1, 0.15) is 38.5 Å². The summed E-state index contributed by atoms with van der Waals surface area (Å²) in [6.07, 6.45) is 6.41. The predicted molar refractivity (Wildman–Crippen MR) is 93.5 cm³/mol. The van der Waals surface area contributed by atoms with Gasteiger partial charge in [-0.1, -0.05) is 6.42 Å². The normalized spacial score (nSPS) is 22.5. The Balaban J connectivity index is 1.43. The first-order valence-electron chi connectivity index (χ1n) is 9.21. The van der Waals surface area contributed by atoms with Crippen LogP contribution in [0.4, 0.5) is 0 Å². The van der Waals surface area contributed by atoms with Gasteiger partial charge < -0.3 is 14.8 Å². The number of piperidine rings is 1. The third-order valence-electron chi connectivity index (χ3n) is 4.71. The van der Waals surface area contributed by atoms with Gasteiger partial charge in [0, 0.05) is 13.1 Å². The molecule has 0 saturated carbocycles. The zero-order valence-electron chi connectivity index (χ0n) is 14.3. The Morgan fingerprint density at radius 1 is 1.00 bits per heavy atom. The molecule has 0 aliphatic carbocycles. The molecule has 2 aliphatic heterocycles. The molecule has 5 nitrogen and oxygen atoms in total. The summed E-state index contributed by atoms with van der Waals surface area (Å²) in [5.41, 5.74) is 0. The number of hydrogen-bond donors (Lipinski definition) is 1. The summed E-state index contributed by atoms with van der Waals surface area (Å²) in [5.74, 6) is 1.57. The Kier molecular flexibility index (Phi) is 6.35. The molecule has 1 aromatic rings. The average molecular weight is 332 g/mol. The van der Waals surface area contributed by atoms with Gasteiger partial charge in [0.05, 0.1) is 0 Å². The van der Waals surface area contributed by atoms with Crippen LogP contribution in [0.2, 0.25) is 0 Å². The zero-order valence-corrected chi connectivity index (χ0v) is 14.3. The Bertz CT molecular complexity index is 512. The smallest absolute Gasteiger partial charge is 0.261 e. The van der Waals surface area contributed by atoms with Crippen LogP contribution in [0.5, 0.6) is 11.5 Å². The Labute approximate surface area is 144 Å². The fourth-order valence-electron chi connectivity index (χ4n) is 3.28. The maximum Gasteiger partial charge on any atom is 0.261 e. The fraction of sp³-hybridized carbons (Fsp3) is 0.632. The van der Waals surface area contributed by atoms with Crippen LogP contribution < -0.4 is 14.8 Å². The first-order chi connectivity index (χ1) is 11.8. The second-order valence-electron chi connectivity index (χ2n) is 6.62. The van der Waals surface area contributed by atoms with Crippen LogP contribution in [-0.4, -0.2) is 49.7 Å². The number of carbonyl (C=O) groups is 1. The first-order valence-corrected chi connectivity index (χ1v) is 9.21. The van der Waals surface area contributed by atoms with E-state index in [1.807, 2.05) is 24.3 Å². The molecule has 1 aromatic carbocycles. The third kappa shape index (κ3) is 5.13. The number of ether oxygens (including phenoxy) is 2. The van der Waals surface area contributed by atoms with Crippen LogP contribution in [0.3, 0.4) is 0 Å². The first kappa shape index (κ1) is 17.1. The molecule has 1 atom stereocenters. The van der Waals surface area contributed by atoms with E-state index in [9.17, 15) is 4.79 Å². The highest BCUT2D eigenvalue weighted by atomic mass is 16.5. The maximum absolute atomic E-state index is 11.9. The van der Waals surface area contributed by atoms with Crippen molar-refractivity contribution in [1.29, 1.82) is 0 Å². The molecule has 1 amide bonds. The molecule has 0 spiro atoms. The van der Waals surface area contributed by atoms with E-state index in [0.717, 1.165) is 43.9 Å². The van der Waals surface area contributed by atoms with Crippen LogP contribution in [-0.2, 0) is 4.79 Å². The molecule has 24 heavy (non-hydrogen) atoms. The van der Waals surface area contributed by atoms with Gasteiger partial charge in [-0.2, -0.15) is 0 Å². The summed E-state index contributed by atoms with van der Waals surface area (Å²) in [7, 11) is 0. The number of benzene rings is 1. The molecule has 0 radical (unpaired) electrons. The van der Waals surface area contributed by atoms with Gasteiger partial charge in [-0.05, 0) is 69.5 Å². The summed E-state index contributed by atoms with van der Waals surface area (Å²) in [4.78, 5) is 14.4. The van der Waals surface area contributed by atoms with Crippen LogP contribution in [0.25, 0.3) is 0 Å². The zero-order chi connectivity index (χ0) is 16.6. The quantitative estimate of drug-likeness (QED) is 0.870. The molecule has 0 bridgehead atoms. The second-order valence-corrected chi connectivity index (χ2v) is 6.62. The SMILES string of the molecule is O=C1NCCCCC1Oc1ccc(OCCN2CCCCC2)cc1. The van der Waals surface area contributed by atoms with Crippen molar-refractivity contribution < 1.29 is 14.3 Å². The van der Waals surface area contributed by atoms with Gasteiger partial charge in [0.2, 0.25) is 0 Å². The van der Waals surface area contributed by atoms with Gasteiger partial charge >= 0.3 is 0 Å². The van der Waals surface area contributed by atoms with E-state index in [1.165, 1.54) is 32.4 Å². The van der Waals surface area contributed by atoms with Crippen molar-refractivity contribution in [1.82, 2.24) is 10.2 Å². The molecule has 0 aromatic heterocycles. The largest absolute Gasteiger partial charge is 0.492 e. The summed E-state index contributed by atoms with van der Waals surface area (Å²) in [6, 6.07) is 7.60. The fourth-order valence-corrected chi connectivity index (χ4v) is 3.28. The molecule has 132 valence electrons. The van der Waals surface area contributed by atoms with Crippen LogP contribution in [0, 0.1) is 0 Å². The lowest BCUT2D eigenvalue weighted by atomic mass is 10.1. The average Bonchev–Trinajstić information content (AvgIpc) is 2.82. The van der Waals surface area contributed by atoms with Crippen molar-refractivity contribution in [3.8, 4) is 11.5 Å². The summed E-state index contributed by atoms with van der Waals surface area (Å²) < 4.78 is 11.6. The molecule has 2 saturated heterocycles. The number of rotatable bonds is 6. The van der Waals surface area contributed by atoms with Gasteiger partial charge in [0.1, 0.15) is 18.1 Å². The molecule has 2 fully saturated rings. The number of nitrogens with zero attached hydrogens (tertiary/aromatic N) is 1. The number of amides is 1. The summed E-state index contributed by atoms with van der Waals surface area (Å²) >= 11 is 0. The minimum absolute atomic E-state index is 0.00522. The molecular weight excluding hydrogens is 304 g/mol. The highest BCUT2D eigenvalue weighted by Crippen LogP contribution is 2.21. The van der Waals surface area contributed by atoms with E-state index >= 15 is 0 Å². The van der Waals surface area contributed by atoms with Crippen LogP contribution in [0.15, 0.2) is 24.3 Å². The third-order valence-corrected chi connectivity index (χ3v) is 4.71. The summed E-state index contributed by atoms with van der Waals surface area (Å²) in [6.45, 7) is 4.84. The predicted octanol–water partition coefficient (Wildman–Crippen LogP) is 2.60. The number of carbonyl (C=O) groups excluding carboxylic acids is 1. The molecule has 5 heteroatoms. The minimum Gasteiger partial charge on any atom is -0.492 e. The van der Waals surface area contributed by atoms with Gasteiger partial charge in [0.15, 0.2) is 6.10 Å². The van der Waals surface area contributed by atoms with E-state index in [2.05, 4.69) is 10.2 Å². The molecule has 2 heterocycles. The Hall–Kier alpha value is -1.75. The lowest BCUT2D eigenvalue weighted by Crippen LogP contribution is -2.36. The molecule has 1 N–H and O–H groups in total. The minimum atomic E-state index is -0.377. The van der Waals surface area contributed by atoms with Crippen molar-refractivity contribution in [3.63, 3.8) is 0 Å². The highest BCUT2D eigenvalue weighted by molar-refractivity contribution is 5.81. The van der Waals surface area contributed by atoms with E-state index < -0.39 is 0 Å². The van der Waals surface area contributed by atoms with Crippen LogP contribution >= 0.6 is 0 Å². The molecule has 3 rings (SSSR count). The van der Waals surface area contributed by atoms with E-state index in [4.69, 9.17) is 9.47 Å². The Morgan fingerprint density at radius 2 is 1.75 bits per heavy atom. The number of nitrogens with one attached hydrogen (secondary N) is 1. The monoisotopic (exact) mass is 332 g/mol.